The Hall–Kier alpha value is -3.41. The first-order chi connectivity index (χ1) is 19.5. The van der Waals surface area contributed by atoms with Crippen molar-refractivity contribution >= 4 is 22.4 Å². The van der Waals surface area contributed by atoms with Gasteiger partial charge in [-0.1, -0.05) is 78.9 Å². The third kappa shape index (κ3) is 7.61. The Labute approximate surface area is 240 Å². The van der Waals surface area contributed by atoms with Crippen LogP contribution in [0.1, 0.15) is 43.7 Å². The molecule has 2 N–H and O–H groups in total. The third-order valence-electron chi connectivity index (χ3n) is 8.33. The van der Waals surface area contributed by atoms with Gasteiger partial charge in [-0.2, -0.15) is 0 Å². The fraction of sp³-hybridized carbons (Fsp3) is 0.400. The van der Waals surface area contributed by atoms with Crippen molar-refractivity contribution in [3.05, 3.63) is 102 Å². The minimum Gasteiger partial charge on any atom is -0.377 e. The van der Waals surface area contributed by atoms with Crippen molar-refractivity contribution in [2.45, 2.75) is 57.8 Å². The van der Waals surface area contributed by atoms with Crippen LogP contribution in [0.15, 0.2) is 91.0 Å². The van der Waals surface area contributed by atoms with Crippen molar-refractivity contribution in [3.8, 4) is 0 Å². The van der Waals surface area contributed by atoms with Crippen LogP contribution in [0.5, 0.6) is 0 Å². The largest absolute Gasteiger partial charge is 0.377 e. The molecule has 0 amide bonds. The molecule has 5 nitrogen and oxygen atoms in total. The molecule has 0 spiro atoms. The van der Waals surface area contributed by atoms with Crippen molar-refractivity contribution in [2.75, 3.05) is 37.4 Å². The van der Waals surface area contributed by atoms with E-state index < -0.39 is 0 Å². The summed E-state index contributed by atoms with van der Waals surface area (Å²) in [5, 5.41) is 8.79. The SMILES string of the molecule is C[C@@H](CNC[C@H]1CC[C@@H](Nc2cc(N(C)C)c3ccccc3n2)CC1)N(Cc1ccccc1)Cc1ccccc1. The lowest BCUT2D eigenvalue weighted by atomic mass is 9.86. The summed E-state index contributed by atoms with van der Waals surface area (Å²) in [6, 6.07) is 33.3. The van der Waals surface area contributed by atoms with E-state index in [4.69, 9.17) is 4.98 Å². The summed E-state index contributed by atoms with van der Waals surface area (Å²) in [4.78, 5) is 9.70. The first-order valence-electron chi connectivity index (χ1n) is 14.9. The molecule has 1 fully saturated rings. The number of nitrogens with one attached hydrogen (secondary N) is 2. The Balaban J connectivity index is 1.10. The summed E-state index contributed by atoms with van der Waals surface area (Å²) >= 11 is 0. The molecule has 1 atom stereocenters. The standard InChI is InChI=1S/C35H45N5/c1-27(40(25-29-12-6-4-7-13-29)26-30-14-8-5-9-15-30)23-36-24-28-18-20-31(21-19-28)37-35-22-34(39(2)3)32-16-10-11-17-33(32)38-35/h4-17,22,27-28,31,36H,18-21,23-26H2,1-3H3,(H,37,38)/t27-,28-,31+/m0/s1. The quantitative estimate of drug-likeness (QED) is 0.205. The third-order valence-corrected chi connectivity index (χ3v) is 8.33. The summed E-state index contributed by atoms with van der Waals surface area (Å²) in [6.07, 6.45) is 4.90. The fourth-order valence-corrected chi connectivity index (χ4v) is 5.95. The second-order valence-corrected chi connectivity index (χ2v) is 11.7. The zero-order chi connectivity index (χ0) is 27.7. The molecule has 5 rings (SSSR count). The molecule has 40 heavy (non-hydrogen) atoms. The fourth-order valence-electron chi connectivity index (χ4n) is 5.95. The van der Waals surface area contributed by atoms with Crippen LogP contribution in [-0.4, -0.2) is 49.2 Å². The zero-order valence-corrected chi connectivity index (χ0v) is 24.4. The summed E-state index contributed by atoms with van der Waals surface area (Å²) in [5.41, 5.74) is 5.01. The average Bonchev–Trinajstić information content (AvgIpc) is 2.98. The van der Waals surface area contributed by atoms with Crippen LogP contribution in [-0.2, 0) is 13.1 Å². The number of fused-ring (bicyclic) bond motifs is 1. The Morgan fingerprint density at radius 3 is 2.02 bits per heavy atom. The maximum Gasteiger partial charge on any atom is 0.128 e. The van der Waals surface area contributed by atoms with Gasteiger partial charge in [0, 0.05) is 63.0 Å². The van der Waals surface area contributed by atoms with Gasteiger partial charge in [-0.05, 0) is 62.3 Å². The number of pyridine rings is 1. The Bertz CT molecular complexity index is 1270. The highest BCUT2D eigenvalue weighted by Crippen LogP contribution is 2.30. The number of anilines is 2. The predicted octanol–water partition coefficient (Wildman–Crippen LogP) is 6.95. The van der Waals surface area contributed by atoms with E-state index in [9.17, 15) is 0 Å². The monoisotopic (exact) mass is 535 g/mol. The topological polar surface area (TPSA) is 43.4 Å². The van der Waals surface area contributed by atoms with E-state index in [0.717, 1.165) is 43.4 Å². The molecular formula is C35H45N5. The van der Waals surface area contributed by atoms with E-state index >= 15 is 0 Å². The normalized spacial score (nSPS) is 18.1. The second-order valence-electron chi connectivity index (χ2n) is 11.7. The Kier molecular flexibility index (Phi) is 9.69. The molecule has 0 unspecified atom stereocenters. The van der Waals surface area contributed by atoms with Gasteiger partial charge in [0.1, 0.15) is 5.82 Å². The number of hydrogen-bond donors (Lipinski definition) is 2. The molecular weight excluding hydrogens is 490 g/mol. The number of aromatic nitrogens is 1. The number of benzene rings is 3. The van der Waals surface area contributed by atoms with Crippen molar-refractivity contribution < 1.29 is 0 Å². The molecule has 4 aromatic rings. The highest BCUT2D eigenvalue weighted by Gasteiger charge is 2.22. The Morgan fingerprint density at radius 1 is 0.800 bits per heavy atom. The van der Waals surface area contributed by atoms with E-state index in [1.54, 1.807) is 0 Å². The maximum absolute atomic E-state index is 4.92. The molecule has 1 heterocycles. The Morgan fingerprint density at radius 2 is 1.40 bits per heavy atom. The molecule has 5 heteroatoms. The first-order valence-corrected chi connectivity index (χ1v) is 14.9. The zero-order valence-electron chi connectivity index (χ0n) is 24.4. The lowest BCUT2D eigenvalue weighted by molar-refractivity contribution is 0.183. The van der Waals surface area contributed by atoms with Crippen molar-refractivity contribution in [1.29, 1.82) is 0 Å². The number of rotatable bonds is 12. The molecule has 0 saturated heterocycles. The highest BCUT2D eigenvalue weighted by atomic mass is 15.2. The van der Waals surface area contributed by atoms with Crippen LogP contribution >= 0.6 is 0 Å². The highest BCUT2D eigenvalue weighted by molar-refractivity contribution is 5.93. The van der Waals surface area contributed by atoms with E-state index in [2.05, 4.69) is 132 Å². The van der Waals surface area contributed by atoms with Gasteiger partial charge in [0.2, 0.25) is 0 Å². The second kappa shape index (κ2) is 13.8. The van der Waals surface area contributed by atoms with Gasteiger partial charge in [0.05, 0.1) is 5.52 Å². The molecule has 0 bridgehead atoms. The summed E-state index contributed by atoms with van der Waals surface area (Å²) in [7, 11) is 4.21. The minimum absolute atomic E-state index is 0.447. The van der Waals surface area contributed by atoms with Crippen LogP contribution in [0, 0.1) is 5.92 Å². The van der Waals surface area contributed by atoms with Crippen LogP contribution in [0.25, 0.3) is 10.9 Å². The molecule has 1 aliphatic rings. The smallest absolute Gasteiger partial charge is 0.128 e. The first kappa shape index (κ1) is 28.1. The van der Waals surface area contributed by atoms with Gasteiger partial charge in [-0.25, -0.2) is 4.98 Å². The van der Waals surface area contributed by atoms with Crippen molar-refractivity contribution in [1.82, 2.24) is 15.2 Å². The van der Waals surface area contributed by atoms with E-state index in [-0.39, 0.29) is 0 Å². The lowest BCUT2D eigenvalue weighted by Gasteiger charge is -2.32. The van der Waals surface area contributed by atoms with Gasteiger partial charge >= 0.3 is 0 Å². The number of hydrogen-bond acceptors (Lipinski definition) is 5. The number of para-hydroxylation sites is 1. The molecule has 210 valence electrons. The van der Waals surface area contributed by atoms with Crippen LogP contribution in [0.2, 0.25) is 0 Å². The van der Waals surface area contributed by atoms with Gasteiger partial charge < -0.3 is 15.5 Å². The van der Waals surface area contributed by atoms with E-state index in [0.29, 0.717) is 12.1 Å². The molecule has 3 aromatic carbocycles. The lowest BCUT2D eigenvalue weighted by Crippen LogP contribution is -2.41. The average molecular weight is 536 g/mol. The van der Waals surface area contributed by atoms with Crippen LogP contribution in [0.4, 0.5) is 11.5 Å². The van der Waals surface area contributed by atoms with E-state index in [1.807, 2.05) is 0 Å². The van der Waals surface area contributed by atoms with Gasteiger partial charge in [0.25, 0.3) is 0 Å². The summed E-state index contributed by atoms with van der Waals surface area (Å²) < 4.78 is 0. The van der Waals surface area contributed by atoms with E-state index in [1.165, 1.54) is 47.9 Å². The molecule has 0 radical (unpaired) electrons. The summed E-state index contributed by atoms with van der Waals surface area (Å²) in [5.74, 6) is 1.73. The minimum atomic E-state index is 0.447. The van der Waals surface area contributed by atoms with Gasteiger partial charge in [-0.3, -0.25) is 4.90 Å². The maximum atomic E-state index is 4.92. The predicted molar refractivity (Wildman–Crippen MR) is 170 cm³/mol. The van der Waals surface area contributed by atoms with Crippen molar-refractivity contribution in [3.63, 3.8) is 0 Å². The molecule has 0 aliphatic heterocycles. The molecule has 1 saturated carbocycles. The molecule has 1 aromatic heterocycles. The molecule has 1 aliphatic carbocycles. The van der Waals surface area contributed by atoms with Gasteiger partial charge in [-0.15, -0.1) is 0 Å². The van der Waals surface area contributed by atoms with Crippen LogP contribution < -0.4 is 15.5 Å². The van der Waals surface area contributed by atoms with Gasteiger partial charge in [0.15, 0.2) is 0 Å². The van der Waals surface area contributed by atoms with Crippen LogP contribution in [0.3, 0.4) is 0 Å². The summed E-state index contributed by atoms with van der Waals surface area (Å²) in [6.45, 7) is 6.40. The van der Waals surface area contributed by atoms with Crippen molar-refractivity contribution in [2.24, 2.45) is 5.92 Å². The number of nitrogens with zero attached hydrogens (tertiary/aromatic N) is 3.